The predicted octanol–water partition coefficient (Wildman–Crippen LogP) is 1.09. The van der Waals surface area contributed by atoms with Crippen molar-refractivity contribution in [2.24, 2.45) is 0 Å². The standard InChI is InChI=1S/C14H22N2O4S/c1-4-20-10-6-9-15-14(17)12-7-5-8-13(11-12)21(18,19)16(2)3/h5,7-8,11H,4,6,9-10H2,1-3H3,(H,15,17). The Labute approximate surface area is 126 Å². The SMILES string of the molecule is CCOCCCNC(=O)c1cccc(S(=O)(=O)N(C)C)c1. The van der Waals surface area contributed by atoms with Crippen molar-refractivity contribution in [2.45, 2.75) is 18.2 Å². The van der Waals surface area contributed by atoms with E-state index in [1.807, 2.05) is 6.92 Å². The van der Waals surface area contributed by atoms with Crippen molar-refractivity contribution in [3.8, 4) is 0 Å². The summed E-state index contributed by atoms with van der Waals surface area (Å²) in [6.07, 6.45) is 0.718. The Morgan fingerprint density at radius 2 is 2.05 bits per heavy atom. The van der Waals surface area contributed by atoms with Crippen LogP contribution in [0.3, 0.4) is 0 Å². The molecule has 1 aromatic carbocycles. The summed E-state index contributed by atoms with van der Waals surface area (Å²) in [7, 11) is -0.624. The normalized spacial score (nSPS) is 11.6. The van der Waals surface area contributed by atoms with Gasteiger partial charge in [-0.25, -0.2) is 12.7 Å². The fraction of sp³-hybridized carbons (Fsp3) is 0.500. The summed E-state index contributed by atoms with van der Waals surface area (Å²) in [5.74, 6) is -0.290. The second-order valence-electron chi connectivity index (χ2n) is 4.62. The minimum absolute atomic E-state index is 0.106. The van der Waals surface area contributed by atoms with Crippen LogP contribution in [0.4, 0.5) is 0 Å². The van der Waals surface area contributed by atoms with Crippen LogP contribution in [0.15, 0.2) is 29.2 Å². The van der Waals surface area contributed by atoms with Crippen molar-refractivity contribution >= 4 is 15.9 Å². The highest BCUT2D eigenvalue weighted by atomic mass is 32.2. The van der Waals surface area contributed by atoms with Crippen LogP contribution in [0.5, 0.6) is 0 Å². The minimum atomic E-state index is -3.53. The number of ether oxygens (including phenoxy) is 1. The van der Waals surface area contributed by atoms with Crippen LogP contribution < -0.4 is 5.32 Å². The Hall–Kier alpha value is -1.44. The van der Waals surface area contributed by atoms with E-state index in [1.165, 1.54) is 26.2 Å². The van der Waals surface area contributed by atoms with E-state index in [0.717, 1.165) is 10.7 Å². The zero-order chi connectivity index (χ0) is 15.9. The van der Waals surface area contributed by atoms with Crippen LogP contribution in [0, 0.1) is 0 Å². The van der Waals surface area contributed by atoms with Gasteiger partial charge in [0.25, 0.3) is 5.91 Å². The van der Waals surface area contributed by atoms with E-state index < -0.39 is 10.0 Å². The van der Waals surface area contributed by atoms with Crippen LogP contribution in [0.1, 0.15) is 23.7 Å². The topological polar surface area (TPSA) is 75.7 Å². The molecule has 0 aliphatic carbocycles. The van der Waals surface area contributed by atoms with Crippen molar-refractivity contribution in [3.63, 3.8) is 0 Å². The molecule has 0 radical (unpaired) electrons. The molecule has 21 heavy (non-hydrogen) atoms. The number of hydrogen-bond acceptors (Lipinski definition) is 4. The van der Waals surface area contributed by atoms with Crippen LogP contribution in [0.2, 0.25) is 0 Å². The highest BCUT2D eigenvalue weighted by Gasteiger charge is 2.18. The van der Waals surface area contributed by atoms with E-state index in [2.05, 4.69) is 5.32 Å². The lowest BCUT2D eigenvalue weighted by Crippen LogP contribution is -2.26. The molecule has 0 aliphatic rings. The first-order chi connectivity index (χ1) is 9.89. The van der Waals surface area contributed by atoms with Gasteiger partial charge in [0, 0.05) is 39.4 Å². The molecule has 0 bridgehead atoms. The summed E-state index contributed by atoms with van der Waals surface area (Å²) in [5, 5.41) is 2.74. The molecule has 0 saturated carbocycles. The molecule has 1 amide bonds. The molecule has 118 valence electrons. The highest BCUT2D eigenvalue weighted by molar-refractivity contribution is 7.89. The van der Waals surface area contributed by atoms with Gasteiger partial charge in [0.05, 0.1) is 4.90 Å². The van der Waals surface area contributed by atoms with E-state index in [9.17, 15) is 13.2 Å². The highest BCUT2D eigenvalue weighted by Crippen LogP contribution is 2.14. The third-order valence-electron chi connectivity index (χ3n) is 2.83. The van der Waals surface area contributed by atoms with Crippen molar-refractivity contribution in [1.29, 1.82) is 0 Å². The molecule has 0 heterocycles. The lowest BCUT2D eigenvalue weighted by Gasteiger charge is -2.12. The smallest absolute Gasteiger partial charge is 0.251 e. The van der Waals surface area contributed by atoms with Gasteiger partial charge in [-0.15, -0.1) is 0 Å². The Kier molecular flexibility index (Phi) is 6.80. The molecule has 0 fully saturated rings. The Balaban J connectivity index is 2.70. The monoisotopic (exact) mass is 314 g/mol. The second kappa shape index (κ2) is 8.11. The summed E-state index contributed by atoms with van der Waals surface area (Å²) >= 11 is 0. The van der Waals surface area contributed by atoms with Gasteiger partial charge in [0.1, 0.15) is 0 Å². The van der Waals surface area contributed by atoms with Gasteiger partial charge in [-0.2, -0.15) is 0 Å². The third-order valence-corrected chi connectivity index (χ3v) is 4.64. The summed E-state index contributed by atoms with van der Waals surface area (Å²) in [6, 6.07) is 6.01. The number of benzene rings is 1. The van der Waals surface area contributed by atoms with E-state index in [1.54, 1.807) is 12.1 Å². The van der Waals surface area contributed by atoms with Gasteiger partial charge >= 0.3 is 0 Å². The molecule has 1 rings (SSSR count). The van der Waals surface area contributed by atoms with E-state index >= 15 is 0 Å². The largest absolute Gasteiger partial charge is 0.382 e. The van der Waals surface area contributed by atoms with Crippen LogP contribution in [0.25, 0.3) is 0 Å². The molecule has 0 atom stereocenters. The third kappa shape index (κ3) is 5.11. The Morgan fingerprint density at radius 1 is 1.33 bits per heavy atom. The first-order valence-corrected chi connectivity index (χ1v) is 8.22. The number of nitrogens with one attached hydrogen (secondary N) is 1. The van der Waals surface area contributed by atoms with E-state index in [0.29, 0.717) is 25.3 Å². The fourth-order valence-corrected chi connectivity index (χ4v) is 2.58. The minimum Gasteiger partial charge on any atom is -0.382 e. The maximum atomic E-state index is 12.0. The molecular formula is C14H22N2O4S. The lowest BCUT2D eigenvalue weighted by atomic mass is 10.2. The summed E-state index contributed by atoms with van der Waals surface area (Å²) < 4.78 is 30.3. The average molecular weight is 314 g/mol. The zero-order valence-electron chi connectivity index (χ0n) is 12.6. The summed E-state index contributed by atoms with van der Waals surface area (Å²) in [4.78, 5) is 12.1. The summed E-state index contributed by atoms with van der Waals surface area (Å²) in [6.45, 7) is 3.64. The van der Waals surface area contributed by atoms with Gasteiger partial charge in [0.2, 0.25) is 10.0 Å². The van der Waals surface area contributed by atoms with Crippen LogP contribution in [-0.2, 0) is 14.8 Å². The fourth-order valence-electron chi connectivity index (χ4n) is 1.63. The van der Waals surface area contributed by atoms with Gasteiger partial charge in [-0.3, -0.25) is 4.79 Å². The first kappa shape index (κ1) is 17.6. The lowest BCUT2D eigenvalue weighted by molar-refractivity contribution is 0.0944. The molecule has 1 aromatic rings. The maximum absolute atomic E-state index is 12.0. The second-order valence-corrected chi connectivity index (χ2v) is 6.77. The molecule has 0 aliphatic heterocycles. The number of hydrogen-bond donors (Lipinski definition) is 1. The molecule has 1 N–H and O–H groups in total. The van der Waals surface area contributed by atoms with Crippen molar-refractivity contribution < 1.29 is 17.9 Å². The van der Waals surface area contributed by atoms with Crippen LogP contribution in [-0.4, -0.2) is 52.5 Å². The van der Waals surface area contributed by atoms with Gasteiger partial charge < -0.3 is 10.1 Å². The number of nitrogens with zero attached hydrogens (tertiary/aromatic N) is 1. The van der Waals surface area contributed by atoms with Gasteiger partial charge in [-0.1, -0.05) is 6.07 Å². The number of carbonyl (C=O) groups is 1. The quantitative estimate of drug-likeness (QED) is 0.729. The molecule has 7 heteroatoms. The summed E-state index contributed by atoms with van der Waals surface area (Å²) in [5.41, 5.74) is 0.328. The molecule has 0 saturated heterocycles. The Morgan fingerprint density at radius 3 is 2.67 bits per heavy atom. The number of carbonyl (C=O) groups excluding carboxylic acids is 1. The number of sulfonamides is 1. The molecule has 0 spiro atoms. The van der Waals surface area contributed by atoms with Crippen molar-refractivity contribution in [1.82, 2.24) is 9.62 Å². The van der Waals surface area contributed by atoms with E-state index in [4.69, 9.17) is 4.74 Å². The van der Waals surface area contributed by atoms with E-state index in [-0.39, 0.29) is 10.8 Å². The zero-order valence-corrected chi connectivity index (χ0v) is 13.4. The number of rotatable bonds is 8. The molecular weight excluding hydrogens is 292 g/mol. The van der Waals surface area contributed by atoms with Gasteiger partial charge in [-0.05, 0) is 31.5 Å². The van der Waals surface area contributed by atoms with Crippen molar-refractivity contribution in [3.05, 3.63) is 29.8 Å². The van der Waals surface area contributed by atoms with Crippen molar-refractivity contribution in [2.75, 3.05) is 33.9 Å². The number of amides is 1. The molecule has 6 nitrogen and oxygen atoms in total. The molecule has 0 unspecified atom stereocenters. The van der Waals surface area contributed by atoms with Crippen LogP contribution >= 0.6 is 0 Å². The first-order valence-electron chi connectivity index (χ1n) is 6.78. The predicted molar refractivity (Wildman–Crippen MR) is 80.8 cm³/mol. The van der Waals surface area contributed by atoms with Gasteiger partial charge in [0.15, 0.2) is 0 Å². The average Bonchev–Trinajstić information content (AvgIpc) is 2.46. The Bertz CT molecular complexity index is 570. The molecule has 0 aromatic heterocycles. The maximum Gasteiger partial charge on any atom is 0.251 e.